The second-order valence-corrected chi connectivity index (χ2v) is 7.13. The zero-order valence-electron chi connectivity index (χ0n) is 7.76. The molecule has 6 heteroatoms. The number of thioether (sulfide) groups is 1. The van der Waals surface area contributed by atoms with E-state index in [-0.39, 0.29) is 11.0 Å². The molecule has 1 unspecified atom stereocenters. The summed E-state index contributed by atoms with van der Waals surface area (Å²) in [6, 6.07) is 0. The third kappa shape index (κ3) is 1.70. The fraction of sp³-hybridized carbons (Fsp3) is 0.625. The van der Waals surface area contributed by atoms with Gasteiger partial charge in [-0.05, 0) is 6.42 Å². The first kappa shape index (κ1) is 10.4. The molecule has 2 aliphatic heterocycles. The quantitative estimate of drug-likeness (QED) is 0.691. The molecular weight excluding hydrogens is 238 g/mol. The maximum atomic E-state index is 11.3. The van der Waals surface area contributed by atoms with Gasteiger partial charge in [0.25, 0.3) is 0 Å². The van der Waals surface area contributed by atoms with Gasteiger partial charge in [0.2, 0.25) is 0 Å². The first-order valence-electron chi connectivity index (χ1n) is 4.46. The standard InChI is InChI=1S/C8H11NO2S3/c1-2-3-9-6-4-14(10,11)5-7(6)13-8(9)12/h4,7H,2-3,5H2,1H3. The van der Waals surface area contributed by atoms with Crippen LogP contribution in [0.5, 0.6) is 0 Å². The van der Waals surface area contributed by atoms with Gasteiger partial charge >= 0.3 is 0 Å². The lowest BCUT2D eigenvalue weighted by Crippen LogP contribution is -2.22. The first-order chi connectivity index (χ1) is 6.53. The predicted molar refractivity (Wildman–Crippen MR) is 62.8 cm³/mol. The Morgan fingerprint density at radius 3 is 3.07 bits per heavy atom. The number of sulfone groups is 1. The lowest BCUT2D eigenvalue weighted by Gasteiger charge is -2.16. The highest BCUT2D eigenvalue weighted by atomic mass is 32.2. The average molecular weight is 249 g/mol. The van der Waals surface area contributed by atoms with Gasteiger partial charge in [0, 0.05) is 12.2 Å². The fourth-order valence-corrected chi connectivity index (χ4v) is 5.38. The molecular formula is C8H11NO2S3. The van der Waals surface area contributed by atoms with E-state index in [4.69, 9.17) is 12.2 Å². The summed E-state index contributed by atoms with van der Waals surface area (Å²) < 4.78 is 23.5. The van der Waals surface area contributed by atoms with E-state index in [1.807, 2.05) is 4.90 Å². The molecule has 0 aromatic rings. The van der Waals surface area contributed by atoms with Crippen molar-refractivity contribution in [3.63, 3.8) is 0 Å². The minimum Gasteiger partial charge on any atom is -0.329 e. The smallest absolute Gasteiger partial charge is 0.174 e. The van der Waals surface area contributed by atoms with Crippen molar-refractivity contribution in [1.82, 2.24) is 4.90 Å². The Labute approximate surface area is 93.5 Å². The van der Waals surface area contributed by atoms with E-state index in [1.54, 1.807) is 0 Å². The molecule has 1 saturated heterocycles. The average Bonchev–Trinajstić information content (AvgIpc) is 2.47. The van der Waals surface area contributed by atoms with Crippen LogP contribution in [0.1, 0.15) is 13.3 Å². The van der Waals surface area contributed by atoms with Crippen molar-refractivity contribution in [3.8, 4) is 0 Å². The maximum absolute atomic E-state index is 11.3. The molecule has 0 aliphatic carbocycles. The molecule has 0 saturated carbocycles. The van der Waals surface area contributed by atoms with Gasteiger partial charge in [-0.15, -0.1) is 0 Å². The summed E-state index contributed by atoms with van der Waals surface area (Å²) in [5.74, 6) is 0.216. The van der Waals surface area contributed by atoms with E-state index >= 15 is 0 Å². The molecule has 0 aromatic carbocycles. The van der Waals surface area contributed by atoms with Gasteiger partial charge in [-0.2, -0.15) is 0 Å². The van der Waals surface area contributed by atoms with Crippen molar-refractivity contribution in [1.29, 1.82) is 0 Å². The van der Waals surface area contributed by atoms with Crippen LogP contribution in [0.2, 0.25) is 0 Å². The Hall–Kier alpha value is -0.0700. The zero-order chi connectivity index (χ0) is 10.3. The Kier molecular flexibility index (Phi) is 2.61. The topological polar surface area (TPSA) is 37.4 Å². The van der Waals surface area contributed by atoms with Crippen molar-refractivity contribution >= 4 is 38.1 Å². The molecule has 0 N–H and O–H groups in total. The van der Waals surface area contributed by atoms with Gasteiger partial charge in [-0.1, -0.05) is 30.9 Å². The van der Waals surface area contributed by atoms with Crippen molar-refractivity contribution in [3.05, 3.63) is 11.1 Å². The van der Waals surface area contributed by atoms with Crippen LogP contribution >= 0.6 is 24.0 Å². The molecule has 0 spiro atoms. The number of hydrogen-bond donors (Lipinski definition) is 0. The summed E-state index contributed by atoms with van der Waals surface area (Å²) >= 11 is 6.68. The second kappa shape index (κ2) is 3.50. The van der Waals surface area contributed by atoms with E-state index in [1.165, 1.54) is 17.2 Å². The SMILES string of the molecule is CCCN1C(=S)SC2CS(=O)(=O)C=C21. The minimum absolute atomic E-state index is 0.0547. The van der Waals surface area contributed by atoms with Gasteiger partial charge in [-0.3, -0.25) is 0 Å². The van der Waals surface area contributed by atoms with E-state index in [0.29, 0.717) is 0 Å². The zero-order valence-corrected chi connectivity index (χ0v) is 10.2. The van der Waals surface area contributed by atoms with Crippen molar-refractivity contribution in [2.75, 3.05) is 12.3 Å². The van der Waals surface area contributed by atoms with Crippen molar-refractivity contribution in [2.45, 2.75) is 18.6 Å². The van der Waals surface area contributed by atoms with E-state index in [9.17, 15) is 8.42 Å². The van der Waals surface area contributed by atoms with Crippen LogP contribution in [-0.2, 0) is 9.84 Å². The molecule has 78 valence electrons. The monoisotopic (exact) mass is 249 g/mol. The van der Waals surface area contributed by atoms with Crippen LogP contribution in [0.25, 0.3) is 0 Å². The van der Waals surface area contributed by atoms with Gasteiger partial charge in [0.1, 0.15) is 4.32 Å². The molecule has 0 aromatic heterocycles. The van der Waals surface area contributed by atoms with Crippen LogP contribution in [0.4, 0.5) is 0 Å². The van der Waals surface area contributed by atoms with E-state index in [2.05, 4.69) is 6.92 Å². The lowest BCUT2D eigenvalue weighted by atomic mass is 10.3. The third-order valence-electron chi connectivity index (χ3n) is 2.24. The van der Waals surface area contributed by atoms with E-state index < -0.39 is 9.84 Å². The molecule has 1 fully saturated rings. The Morgan fingerprint density at radius 2 is 2.43 bits per heavy atom. The minimum atomic E-state index is -2.96. The summed E-state index contributed by atoms with van der Waals surface area (Å²) in [5, 5.41) is 1.44. The molecule has 14 heavy (non-hydrogen) atoms. The van der Waals surface area contributed by atoms with Crippen LogP contribution < -0.4 is 0 Å². The number of nitrogens with zero attached hydrogens (tertiary/aromatic N) is 1. The van der Waals surface area contributed by atoms with Crippen molar-refractivity contribution < 1.29 is 8.42 Å². The molecule has 0 radical (unpaired) electrons. The summed E-state index contributed by atoms with van der Waals surface area (Å²) in [6.07, 6.45) is 0.977. The van der Waals surface area contributed by atoms with Crippen molar-refractivity contribution in [2.24, 2.45) is 0 Å². The maximum Gasteiger partial charge on any atom is 0.174 e. The Bertz CT molecular complexity index is 399. The molecule has 2 aliphatic rings. The fourth-order valence-electron chi connectivity index (χ4n) is 1.67. The molecule has 1 atom stereocenters. The molecule has 2 rings (SSSR count). The summed E-state index contributed by atoms with van der Waals surface area (Å²) in [7, 11) is -2.96. The van der Waals surface area contributed by atoms with Crippen LogP contribution in [0, 0.1) is 0 Å². The molecule has 3 nitrogen and oxygen atoms in total. The lowest BCUT2D eigenvalue weighted by molar-refractivity contribution is 0.525. The number of rotatable bonds is 2. The normalized spacial score (nSPS) is 29.2. The molecule has 0 amide bonds. The number of thiocarbonyl (C=S) groups is 1. The summed E-state index contributed by atoms with van der Waals surface area (Å²) in [6.45, 7) is 2.88. The van der Waals surface area contributed by atoms with Crippen LogP contribution in [0.15, 0.2) is 11.1 Å². The number of fused-ring (bicyclic) bond motifs is 1. The van der Waals surface area contributed by atoms with Gasteiger partial charge in [-0.25, -0.2) is 8.42 Å². The largest absolute Gasteiger partial charge is 0.329 e. The highest BCUT2D eigenvalue weighted by molar-refractivity contribution is 8.24. The third-order valence-corrected chi connectivity index (χ3v) is 5.47. The predicted octanol–water partition coefficient (Wildman–Crippen LogP) is 1.37. The second-order valence-electron chi connectivity index (χ2n) is 3.40. The Balaban J connectivity index is 2.31. The highest BCUT2D eigenvalue weighted by Crippen LogP contribution is 2.40. The van der Waals surface area contributed by atoms with Gasteiger partial charge in [0.05, 0.1) is 16.4 Å². The van der Waals surface area contributed by atoms with Crippen LogP contribution in [0.3, 0.4) is 0 Å². The Morgan fingerprint density at radius 1 is 1.71 bits per heavy atom. The summed E-state index contributed by atoms with van der Waals surface area (Å²) in [4.78, 5) is 1.95. The first-order valence-corrected chi connectivity index (χ1v) is 7.46. The number of hydrogen-bond acceptors (Lipinski definition) is 4. The van der Waals surface area contributed by atoms with Gasteiger partial charge in [0.15, 0.2) is 9.84 Å². The molecule has 0 bridgehead atoms. The van der Waals surface area contributed by atoms with Gasteiger partial charge < -0.3 is 4.90 Å². The summed E-state index contributed by atoms with van der Waals surface area (Å²) in [5.41, 5.74) is 0.891. The molecule has 2 heterocycles. The highest BCUT2D eigenvalue weighted by Gasteiger charge is 2.40. The van der Waals surface area contributed by atoms with Crippen LogP contribution in [-0.4, -0.2) is 35.2 Å². The van der Waals surface area contributed by atoms with E-state index in [0.717, 1.165) is 23.0 Å².